The van der Waals surface area contributed by atoms with Gasteiger partial charge in [0.15, 0.2) is 0 Å². The van der Waals surface area contributed by atoms with Gasteiger partial charge in [0, 0.05) is 67.1 Å². The smallest absolute Gasteiger partial charge is 0.317 e. The van der Waals surface area contributed by atoms with Gasteiger partial charge in [0.05, 0.1) is 52.5 Å². The van der Waals surface area contributed by atoms with Crippen molar-refractivity contribution in [2.45, 2.75) is 0 Å². The van der Waals surface area contributed by atoms with Crippen molar-refractivity contribution in [3.8, 4) is 0 Å². The van der Waals surface area contributed by atoms with Gasteiger partial charge in [-0.2, -0.15) is 0 Å². The first-order chi connectivity index (χ1) is 18.6. The van der Waals surface area contributed by atoms with E-state index in [2.05, 4.69) is 16.0 Å². The number of aliphatic carboxylic acids is 2. The second-order valence-corrected chi connectivity index (χ2v) is 8.51. The average Bonchev–Trinajstić information content (AvgIpc) is 2.85. The van der Waals surface area contributed by atoms with Gasteiger partial charge < -0.3 is 40.4 Å². The van der Waals surface area contributed by atoms with Gasteiger partial charge in [-0.1, -0.05) is 0 Å². The van der Waals surface area contributed by atoms with E-state index in [1.807, 2.05) is 0 Å². The van der Waals surface area contributed by atoms with Crippen molar-refractivity contribution in [1.82, 2.24) is 30.7 Å². The number of ether oxygens (including phenoxy) is 3. The fourth-order valence-corrected chi connectivity index (χ4v) is 3.30. The maximum atomic E-state index is 12.3. The first kappa shape index (κ1) is 36.1. The predicted octanol–water partition coefficient (Wildman–Crippen LogP) is -3.65. The van der Waals surface area contributed by atoms with E-state index in [-0.39, 0.29) is 76.6 Å². The summed E-state index contributed by atoms with van der Waals surface area (Å²) in [6.45, 7) is 1.27. The number of rotatable bonds is 25. The van der Waals surface area contributed by atoms with Crippen molar-refractivity contribution >= 4 is 29.7 Å². The molecule has 39 heavy (non-hydrogen) atoms. The van der Waals surface area contributed by atoms with Crippen LogP contribution in [0.25, 0.3) is 0 Å². The molecule has 0 radical (unpaired) electrons. The van der Waals surface area contributed by atoms with Gasteiger partial charge in [-0.05, 0) is 0 Å². The molecule has 0 aliphatic carbocycles. The molecule has 0 aliphatic rings. The maximum absolute atomic E-state index is 12.3. The lowest BCUT2D eigenvalue weighted by Gasteiger charge is -2.28. The third kappa shape index (κ3) is 21.7. The van der Waals surface area contributed by atoms with Crippen molar-refractivity contribution in [3.63, 3.8) is 0 Å². The van der Waals surface area contributed by atoms with E-state index in [1.165, 1.54) is 26.2 Å². The van der Waals surface area contributed by atoms with Crippen LogP contribution in [-0.4, -0.2) is 174 Å². The minimum atomic E-state index is -1.13. The molecule has 0 aromatic rings. The number of amides is 3. The third-order valence-corrected chi connectivity index (χ3v) is 5.17. The molecule has 0 unspecified atom stereocenters. The summed E-state index contributed by atoms with van der Waals surface area (Å²) in [5.41, 5.74) is 0. The predicted molar refractivity (Wildman–Crippen MR) is 139 cm³/mol. The lowest BCUT2D eigenvalue weighted by atomic mass is 10.3. The number of hydrogen-bond acceptors (Lipinski definition) is 11. The SMILES string of the molecule is COCCNC(=O)CN(CCN(CCN(CC(=O)NCCOC)CC(=O)NCCOC)CC(=O)O)CC(=O)O. The zero-order valence-electron chi connectivity index (χ0n) is 23.1. The largest absolute Gasteiger partial charge is 0.480 e. The molecule has 226 valence electrons. The van der Waals surface area contributed by atoms with E-state index in [0.717, 1.165) is 0 Å². The van der Waals surface area contributed by atoms with Crippen LogP contribution in [0.2, 0.25) is 0 Å². The topological polar surface area (TPSA) is 199 Å². The first-order valence-corrected chi connectivity index (χ1v) is 12.5. The van der Waals surface area contributed by atoms with E-state index >= 15 is 0 Å². The molecule has 0 rings (SSSR count). The number of carbonyl (C=O) groups excluding carboxylic acids is 3. The Morgan fingerprint density at radius 3 is 1.10 bits per heavy atom. The average molecular weight is 565 g/mol. The Morgan fingerprint density at radius 2 is 0.795 bits per heavy atom. The summed E-state index contributed by atoms with van der Waals surface area (Å²) >= 11 is 0. The fraction of sp³-hybridized carbons (Fsp3) is 0.783. The molecule has 3 amide bonds. The second-order valence-electron chi connectivity index (χ2n) is 8.51. The molecule has 0 fully saturated rings. The Kier molecular flexibility index (Phi) is 21.3. The van der Waals surface area contributed by atoms with Crippen molar-refractivity contribution in [3.05, 3.63) is 0 Å². The molecule has 0 saturated carbocycles. The summed E-state index contributed by atoms with van der Waals surface area (Å²) in [4.78, 5) is 64.1. The summed E-state index contributed by atoms with van der Waals surface area (Å²) in [5.74, 6) is -3.27. The van der Waals surface area contributed by atoms with Crippen LogP contribution in [0.3, 0.4) is 0 Å². The van der Waals surface area contributed by atoms with Gasteiger partial charge in [0.25, 0.3) is 0 Å². The molecule has 0 atom stereocenters. The minimum Gasteiger partial charge on any atom is -0.480 e. The van der Waals surface area contributed by atoms with Crippen LogP contribution in [0.5, 0.6) is 0 Å². The Hall–Kier alpha value is -2.89. The molecule has 0 aromatic heterocycles. The summed E-state index contributed by atoms with van der Waals surface area (Å²) in [5, 5.41) is 26.6. The van der Waals surface area contributed by atoms with E-state index in [0.29, 0.717) is 32.9 Å². The lowest BCUT2D eigenvalue weighted by Crippen LogP contribution is -2.48. The van der Waals surface area contributed by atoms with E-state index in [9.17, 15) is 34.2 Å². The van der Waals surface area contributed by atoms with Crippen LogP contribution in [0, 0.1) is 0 Å². The number of hydrogen-bond donors (Lipinski definition) is 5. The molecule has 0 spiro atoms. The molecular weight excluding hydrogens is 520 g/mol. The van der Waals surface area contributed by atoms with Crippen LogP contribution < -0.4 is 16.0 Å². The van der Waals surface area contributed by atoms with Gasteiger partial charge in [-0.25, -0.2) is 0 Å². The van der Waals surface area contributed by atoms with E-state index in [1.54, 1.807) is 9.80 Å². The Balaban J connectivity index is 5.21. The highest BCUT2D eigenvalue weighted by Gasteiger charge is 2.20. The molecule has 16 nitrogen and oxygen atoms in total. The summed E-state index contributed by atoms with van der Waals surface area (Å²) < 4.78 is 14.7. The normalized spacial score (nSPS) is 11.1. The van der Waals surface area contributed by atoms with Crippen LogP contribution in [0.1, 0.15) is 0 Å². The number of carboxylic acids is 2. The quantitative estimate of drug-likeness (QED) is 0.0681. The molecule has 0 bridgehead atoms. The number of carboxylic acid groups (broad SMARTS) is 2. The van der Waals surface area contributed by atoms with Gasteiger partial charge in [0.2, 0.25) is 17.7 Å². The van der Waals surface area contributed by atoms with Crippen LogP contribution >= 0.6 is 0 Å². The molecule has 5 N–H and O–H groups in total. The molecule has 0 aliphatic heterocycles. The molecule has 0 saturated heterocycles. The number of nitrogens with zero attached hydrogens (tertiary/aromatic N) is 3. The lowest BCUT2D eigenvalue weighted by molar-refractivity contribution is -0.140. The Morgan fingerprint density at radius 1 is 0.513 bits per heavy atom. The van der Waals surface area contributed by atoms with Gasteiger partial charge in [-0.15, -0.1) is 0 Å². The van der Waals surface area contributed by atoms with Crippen LogP contribution in [0.4, 0.5) is 0 Å². The number of carbonyl (C=O) groups is 5. The molecular formula is C23H44N6O10. The third-order valence-electron chi connectivity index (χ3n) is 5.17. The highest BCUT2D eigenvalue weighted by Crippen LogP contribution is 1.97. The molecule has 0 heterocycles. The van der Waals surface area contributed by atoms with E-state index in [4.69, 9.17) is 14.2 Å². The minimum absolute atomic E-state index is 0.102. The monoisotopic (exact) mass is 564 g/mol. The maximum Gasteiger partial charge on any atom is 0.317 e. The summed E-state index contributed by atoms with van der Waals surface area (Å²) in [7, 11) is 4.50. The van der Waals surface area contributed by atoms with E-state index < -0.39 is 18.5 Å². The Bertz CT molecular complexity index is 718. The fourth-order valence-electron chi connectivity index (χ4n) is 3.30. The zero-order valence-corrected chi connectivity index (χ0v) is 23.1. The van der Waals surface area contributed by atoms with Gasteiger partial charge in [0.1, 0.15) is 0 Å². The second kappa shape index (κ2) is 23.0. The van der Waals surface area contributed by atoms with Crippen LogP contribution in [-0.2, 0) is 38.2 Å². The standard InChI is InChI=1S/C23H44N6O10/c1-37-11-4-24-19(30)14-28(15-20(31)25-5-12-38-2)9-7-27(17-22(33)34)8-10-29(18-23(35)36)16-21(32)26-6-13-39-3/h4-18H2,1-3H3,(H,24,30)(H,25,31)(H,26,32)(H,33,34)(H,35,36). The zero-order chi connectivity index (χ0) is 29.5. The Labute approximate surface area is 228 Å². The van der Waals surface area contributed by atoms with Gasteiger partial charge >= 0.3 is 11.9 Å². The van der Waals surface area contributed by atoms with Gasteiger partial charge in [-0.3, -0.25) is 38.7 Å². The highest BCUT2D eigenvalue weighted by molar-refractivity contribution is 5.81. The van der Waals surface area contributed by atoms with Crippen molar-refractivity contribution in [2.75, 3.05) is 120 Å². The number of methoxy groups -OCH3 is 3. The first-order valence-electron chi connectivity index (χ1n) is 12.5. The molecule has 16 heteroatoms. The highest BCUT2D eigenvalue weighted by atomic mass is 16.5. The van der Waals surface area contributed by atoms with Crippen molar-refractivity contribution < 1.29 is 48.4 Å². The van der Waals surface area contributed by atoms with Crippen molar-refractivity contribution in [1.29, 1.82) is 0 Å². The molecule has 0 aromatic carbocycles. The van der Waals surface area contributed by atoms with Crippen LogP contribution in [0.15, 0.2) is 0 Å². The van der Waals surface area contributed by atoms with Crippen molar-refractivity contribution in [2.24, 2.45) is 0 Å². The number of nitrogens with one attached hydrogen (secondary N) is 3. The summed E-state index contributed by atoms with van der Waals surface area (Å²) in [6, 6.07) is 0. The summed E-state index contributed by atoms with van der Waals surface area (Å²) in [6.07, 6.45) is 0.